The van der Waals surface area contributed by atoms with Crippen LogP contribution in [0.2, 0.25) is 0 Å². The number of aryl methyl sites for hydroxylation is 1. The molecule has 0 spiro atoms. The van der Waals surface area contributed by atoms with Gasteiger partial charge >= 0.3 is 0 Å². The Kier molecular flexibility index (Phi) is 4.46. The first kappa shape index (κ1) is 16.5. The summed E-state index contributed by atoms with van der Waals surface area (Å²) in [7, 11) is 0. The lowest BCUT2D eigenvalue weighted by Gasteiger charge is -2.26. The first-order valence-electron chi connectivity index (χ1n) is 9.12. The molecule has 6 heteroatoms. The van der Waals surface area contributed by atoms with Gasteiger partial charge in [-0.25, -0.2) is 4.98 Å². The smallest absolute Gasteiger partial charge is 0.264 e. The van der Waals surface area contributed by atoms with Gasteiger partial charge in [-0.05, 0) is 43.2 Å². The van der Waals surface area contributed by atoms with Crippen LogP contribution in [0.15, 0.2) is 17.2 Å². The largest absolute Gasteiger partial charge is 0.332 e. The van der Waals surface area contributed by atoms with Crippen molar-refractivity contribution in [2.45, 2.75) is 52.0 Å². The Bertz CT molecular complexity index is 855. The Morgan fingerprint density at radius 1 is 1.44 bits per heavy atom. The predicted octanol–water partition coefficient (Wildman–Crippen LogP) is 2.93. The number of carbonyl (C=O) groups excluding carboxylic acids is 1. The van der Waals surface area contributed by atoms with Crippen LogP contribution in [0.25, 0.3) is 0 Å². The van der Waals surface area contributed by atoms with Gasteiger partial charge in [0.25, 0.3) is 11.5 Å². The summed E-state index contributed by atoms with van der Waals surface area (Å²) in [5.74, 6) is 0.854. The van der Waals surface area contributed by atoms with E-state index in [1.807, 2.05) is 4.90 Å². The molecule has 3 heterocycles. The minimum atomic E-state index is -0.0781. The van der Waals surface area contributed by atoms with Crippen LogP contribution in [0, 0.1) is 5.92 Å². The van der Waals surface area contributed by atoms with Crippen molar-refractivity contribution in [1.29, 1.82) is 0 Å². The molecule has 1 aliphatic carbocycles. The van der Waals surface area contributed by atoms with Crippen molar-refractivity contribution in [3.63, 3.8) is 0 Å². The number of nitrogens with one attached hydrogen (secondary N) is 1. The number of nitrogens with zero attached hydrogens (tertiary/aromatic N) is 2. The van der Waals surface area contributed by atoms with Gasteiger partial charge in [0.1, 0.15) is 0 Å². The molecule has 2 aromatic rings. The lowest BCUT2D eigenvalue weighted by Crippen LogP contribution is -2.38. The van der Waals surface area contributed by atoms with Crippen LogP contribution in [0.3, 0.4) is 0 Å². The van der Waals surface area contributed by atoms with E-state index >= 15 is 0 Å². The zero-order valence-corrected chi connectivity index (χ0v) is 15.3. The molecular formula is C19H23N3O2S. The molecular weight excluding hydrogens is 334 g/mol. The molecule has 1 aliphatic heterocycles. The van der Waals surface area contributed by atoms with E-state index < -0.39 is 0 Å². The van der Waals surface area contributed by atoms with E-state index in [-0.39, 0.29) is 11.5 Å². The van der Waals surface area contributed by atoms with Gasteiger partial charge in [0.15, 0.2) is 0 Å². The molecule has 0 bridgehead atoms. The Labute approximate surface area is 151 Å². The van der Waals surface area contributed by atoms with Gasteiger partial charge in [0.2, 0.25) is 0 Å². The van der Waals surface area contributed by atoms with Crippen LogP contribution < -0.4 is 5.56 Å². The first-order chi connectivity index (χ1) is 12.2. The summed E-state index contributed by atoms with van der Waals surface area (Å²) >= 11 is 1.66. The normalized spacial score (nSPS) is 19.4. The fourth-order valence-corrected chi connectivity index (χ4v) is 5.23. The second-order valence-corrected chi connectivity index (χ2v) is 8.23. The van der Waals surface area contributed by atoms with Crippen LogP contribution in [0.1, 0.15) is 57.6 Å². The second kappa shape index (κ2) is 6.75. The summed E-state index contributed by atoms with van der Waals surface area (Å²) in [5.41, 5.74) is 2.75. The molecule has 0 aromatic carbocycles. The molecule has 0 saturated heterocycles. The lowest BCUT2D eigenvalue weighted by atomic mass is 9.85. The molecule has 1 unspecified atom stereocenters. The monoisotopic (exact) mass is 357 g/mol. The minimum absolute atomic E-state index is 0.0781. The van der Waals surface area contributed by atoms with Gasteiger partial charge in [-0.2, -0.15) is 0 Å². The Morgan fingerprint density at radius 2 is 2.32 bits per heavy atom. The Hall–Kier alpha value is -1.95. The molecule has 0 radical (unpaired) electrons. The summed E-state index contributed by atoms with van der Waals surface area (Å²) in [6, 6.07) is 2.12. The molecule has 132 valence electrons. The van der Waals surface area contributed by atoms with Crippen molar-refractivity contribution in [3.8, 4) is 0 Å². The lowest BCUT2D eigenvalue weighted by molar-refractivity contribution is 0.0736. The maximum absolute atomic E-state index is 12.9. The van der Waals surface area contributed by atoms with Gasteiger partial charge in [-0.1, -0.05) is 19.8 Å². The van der Waals surface area contributed by atoms with Crippen LogP contribution in [-0.4, -0.2) is 27.3 Å². The number of aromatic nitrogens is 2. The average molecular weight is 357 g/mol. The van der Waals surface area contributed by atoms with E-state index in [0.717, 1.165) is 34.9 Å². The quantitative estimate of drug-likeness (QED) is 0.918. The topological polar surface area (TPSA) is 66.1 Å². The molecule has 2 aliphatic rings. The van der Waals surface area contributed by atoms with Crippen LogP contribution in [0.5, 0.6) is 0 Å². The predicted molar refractivity (Wildman–Crippen MR) is 98.0 cm³/mol. The minimum Gasteiger partial charge on any atom is -0.332 e. The van der Waals surface area contributed by atoms with Crippen molar-refractivity contribution < 1.29 is 4.79 Å². The number of amides is 1. The van der Waals surface area contributed by atoms with E-state index in [1.54, 1.807) is 11.3 Å². The van der Waals surface area contributed by atoms with Crippen LogP contribution in [-0.2, 0) is 25.8 Å². The number of hydrogen-bond acceptors (Lipinski definition) is 4. The molecule has 5 nitrogen and oxygen atoms in total. The third-order valence-corrected chi connectivity index (χ3v) is 6.62. The van der Waals surface area contributed by atoms with Crippen molar-refractivity contribution >= 4 is 17.2 Å². The number of thiophene rings is 1. The third-order valence-electron chi connectivity index (χ3n) is 5.39. The highest BCUT2D eigenvalue weighted by atomic mass is 32.1. The summed E-state index contributed by atoms with van der Waals surface area (Å²) in [6.07, 6.45) is 7.99. The fourth-order valence-electron chi connectivity index (χ4n) is 4.05. The van der Waals surface area contributed by atoms with E-state index in [4.69, 9.17) is 0 Å². The van der Waals surface area contributed by atoms with E-state index in [0.29, 0.717) is 19.5 Å². The maximum Gasteiger partial charge on any atom is 0.264 e. The molecule has 25 heavy (non-hydrogen) atoms. The third kappa shape index (κ3) is 3.15. The number of carbonyl (C=O) groups is 1. The SMILES string of the molecule is CCCC1CCc2sc(C(=O)N3CCc4c(nc[nH]c4=O)C3)cc2C1. The van der Waals surface area contributed by atoms with Crippen molar-refractivity contribution in [2.24, 2.45) is 5.92 Å². The molecule has 1 atom stereocenters. The molecule has 2 aromatic heterocycles. The summed E-state index contributed by atoms with van der Waals surface area (Å²) in [4.78, 5) is 35.7. The molecule has 4 rings (SSSR count). The maximum atomic E-state index is 12.9. The fraction of sp³-hybridized carbons (Fsp3) is 0.526. The molecule has 0 saturated carbocycles. The van der Waals surface area contributed by atoms with E-state index in [2.05, 4.69) is 23.0 Å². The summed E-state index contributed by atoms with van der Waals surface area (Å²) in [5, 5.41) is 0. The van der Waals surface area contributed by atoms with E-state index in [1.165, 1.54) is 36.0 Å². The van der Waals surface area contributed by atoms with Crippen molar-refractivity contribution in [3.05, 3.63) is 49.3 Å². The molecule has 0 fully saturated rings. The van der Waals surface area contributed by atoms with Crippen LogP contribution >= 0.6 is 11.3 Å². The van der Waals surface area contributed by atoms with Gasteiger partial charge in [0.05, 0.1) is 23.4 Å². The number of fused-ring (bicyclic) bond motifs is 2. The first-order valence-corrected chi connectivity index (χ1v) is 9.93. The Morgan fingerprint density at radius 3 is 3.16 bits per heavy atom. The zero-order chi connectivity index (χ0) is 17.4. The van der Waals surface area contributed by atoms with Gasteiger partial charge in [-0.3, -0.25) is 9.59 Å². The summed E-state index contributed by atoms with van der Waals surface area (Å²) < 4.78 is 0. The zero-order valence-electron chi connectivity index (χ0n) is 14.5. The second-order valence-electron chi connectivity index (χ2n) is 7.09. The van der Waals surface area contributed by atoms with Gasteiger partial charge in [-0.15, -0.1) is 11.3 Å². The number of aromatic amines is 1. The summed E-state index contributed by atoms with van der Waals surface area (Å²) in [6.45, 7) is 3.26. The average Bonchev–Trinajstić information content (AvgIpc) is 3.04. The van der Waals surface area contributed by atoms with Gasteiger partial charge in [0, 0.05) is 17.0 Å². The standard InChI is InChI=1S/C19H23N3O2S/c1-2-3-12-4-5-16-13(8-12)9-17(25-16)19(24)22-7-6-14-15(10-22)20-11-21-18(14)23/h9,11-12H,2-8,10H2,1H3,(H,20,21,23). The van der Waals surface area contributed by atoms with Crippen LogP contribution in [0.4, 0.5) is 0 Å². The van der Waals surface area contributed by atoms with Gasteiger partial charge < -0.3 is 9.88 Å². The molecule has 1 N–H and O–H groups in total. The van der Waals surface area contributed by atoms with Crippen molar-refractivity contribution in [1.82, 2.24) is 14.9 Å². The number of H-pyrrole nitrogens is 1. The highest BCUT2D eigenvalue weighted by Gasteiger charge is 2.27. The highest BCUT2D eigenvalue weighted by Crippen LogP contribution is 2.34. The van der Waals surface area contributed by atoms with E-state index in [9.17, 15) is 9.59 Å². The Balaban J connectivity index is 1.52. The van der Waals surface area contributed by atoms with Crippen molar-refractivity contribution in [2.75, 3.05) is 6.54 Å². The number of rotatable bonds is 3. The number of hydrogen-bond donors (Lipinski definition) is 1. The molecule has 1 amide bonds. The highest BCUT2D eigenvalue weighted by molar-refractivity contribution is 7.14.